The van der Waals surface area contributed by atoms with Crippen molar-refractivity contribution in [2.75, 3.05) is 19.5 Å². The Balaban J connectivity index is 1.83. The Morgan fingerprint density at radius 3 is 2.68 bits per heavy atom. The summed E-state index contributed by atoms with van der Waals surface area (Å²) >= 11 is 1.56. The number of nitrogens with zero attached hydrogens (tertiary/aromatic N) is 2. The zero-order valence-corrected chi connectivity index (χ0v) is 14.9. The molecule has 0 atom stereocenters. The lowest BCUT2D eigenvalue weighted by molar-refractivity contribution is 0.183. The van der Waals surface area contributed by atoms with E-state index in [2.05, 4.69) is 29.3 Å². The lowest BCUT2D eigenvalue weighted by atomic mass is 10.2. The first-order valence-electron chi connectivity index (χ1n) is 8.12. The quantitative estimate of drug-likeness (QED) is 0.479. The largest absolute Gasteiger partial charge is 0.383 e. The molecule has 0 fully saturated rings. The molecular weight excluding hydrogens is 332 g/mol. The number of rotatable bonds is 7. The van der Waals surface area contributed by atoms with Gasteiger partial charge in [-0.3, -0.25) is 9.36 Å². The van der Waals surface area contributed by atoms with E-state index in [4.69, 9.17) is 4.74 Å². The third-order valence-electron chi connectivity index (χ3n) is 3.76. The minimum atomic E-state index is -0.0165. The van der Waals surface area contributed by atoms with Crippen molar-refractivity contribution in [3.63, 3.8) is 0 Å². The molecule has 4 nitrogen and oxygen atoms in total. The van der Waals surface area contributed by atoms with E-state index < -0.39 is 0 Å². The highest BCUT2D eigenvalue weighted by molar-refractivity contribution is 7.99. The molecule has 25 heavy (non-hydrogen) atoms. The Labute approximate surface area is 151 Å². The van der Waals surface area contributed by atoms with Gasteiger partial charge in [-0.1, -0.05) is 66.4 Å². The maximum absolute atomic E-state index is 12.7. The van der Waals surface area contributed by atoms with Crippen molar-refractivity contribution in [1.82, 2.24) is 9.55 Å². The van der Waals surface area contributed by atoms with Crippen LogP contribution in [0.1, 0.15) is 5.56 Å². The molecule has 128 valence electrons. The molecule has 0 unspecified atom stereocenters. The summed E-state index contributed by atoms with van der Waals surface area (Å²) in [4.78, 5) is 17.4. The standard InChI is InChI=1S/C20H20N2O2S/c1-24-14-13-22-19(23)17-11-5-6-12-18(17)21-20(22)25-15-7-10-16-8-3-2-4-9-16/h2-12H,13-15H2,1H3/b10-7+. The number of para-hydroxylation sites is 1. The number of thioether (sulfide) groups is 1. The van der Waals surface area contributed by atoms with Gasteiger partial charge in [-0.25, -0.2) is 4.98 Å². The van der Waals surface area contributed by atoms with Crippen LogP contribution in [0.3, 0.4) is 0 Å². The molecule has 0 aliphatic carbocycles. The zero-order valence-electron chi connectivity index (χ0n) is 14.1. The SMILES string of the molecule is COCCn1c(SC/C=C/c2ccccc2)nc2ccccc2c1=O. The Hall–Kier alpha value is -2.37. The van der Waals surface area contributed by atoms with Gasteiger partial charge in [0.1, 0.15) is 0 Å². The first-order valence-corrected chi connectivity index (χ1v) is 9.11. The average molecular weight is 352 g/mol. The second-order valence-electron chi connectivity index (χ2n) is 5.49. The maximum atomic E-state index is 12.7. The fourth-order valence-electron chi connectivity index (χ4n) is 2.51. The van der Waals surface area contributed by atoms with E-state index in [1.54, 1.807) is 23.4 Å². The minimum Gasteiger partial charge on any atom is -0.383 e. The molecule has 0 saturated heterocycles. The monoisotopic (exact) mass is 352 g/mol. The summed E-state index contributed by atoms with van der Waals surface area (Å²) in [6, 6.07) is 17.6. The fraction of sp³-hybridized carbons (Fsp3) is 0.200. The van der Waals surface area contributed by atoms with E-state index in [-0.39, 0.29) is 5.56 Å². The van der Waals surface area contributed by atoms with Gasteiger partial charge in [0, 0.05) is 12.9 Å². The molecule has 0 aliphatic rings. The molecule has 2 aromatic carbocycles. The van der Waals surface area contributed by atoms with Crippen molar-refractivity contribution in [1.29, 1.82) is 0 Å². The van der Waals surface area contributed by atoms with Crippen molar-refractivity contribution in [3.8, 4) is 0 Å². The van der Waals surface area contributed by atoms with Gasteiger partial charge >= 0.3 is 0 Å². The van der Waals surface area contributed by atoms with Crippen LogP contribution >= 0.6 is 11.8 Å². The highest BCUT2D eigenvalue weighted by atomic mass is 32.2. The molecule has 0 N–H and O–H groups in total. The number of benzene rings is 2. The van der Waals surface area contributed by atoms with Crippen LogP contribution in [0.4, 0.5) is 0 Å². The van der Waals surface area contributed by atoms with Crippen LogP contribution < -0.4 is 5.56 Å². The summed E-state index contributed by atoms with van der Waals surface area (Å²) in [7, 11) is 1.63. The molecule has 5 heteroatoms. The van der Waals surface area contributed by atoms with E-state index in [1.165, 1.54) is 0 Å². The summed E-state index contributed by atoms with van der Waals surface area (Å²) < 4.78 is 6.84. The molecule has 0 spiro atoms. The van der Waals surface area contributed by atoms with Crippen LogP contribution in [0.25, 0.3) is 17.0 Å². The van der Waals surface area contributed by atoms with Gasteiger partial charge in [0.05, 0.1) is 24.1 Å². The van der Waals surface area contributed by atoms with Crippen LogP contribution in [-0.4, -0.2) is 29.0 Å². The van der Waals surface area contributed by atoms with Gasteiger partial charge in [0.15, 0.2) is 5.16 Å². The lowest BCUT2D eigenvalue weighted by Crippen LogP contribution is -2.25. The van der Waals surface area contributed by atoms with Crippen LogP contribution in [-0.2, 0) is 11.3 Å². The number of ether oxygens (including phenoxy) is 1. The molecule has 3 rings (SSSR count). The minimum absolute atomic E-state index is 0.0165. The fourth-order valence-corrected chi connectivity index (χ4v) is 3.34. The Morgan fingerprint density at radius 2 is 1.88 bits per heavy atom. The van der Waals surface area contributed by atoms with Gasteiger partial charge in [-0.05, 0) is 17.7 Å². The number of hydrogen-bond acceptors (Lipinski definition) is 4. The van der Waals surface area contributed by atoms with E-state index in [0.29, 0.717) is 18.5 Å². The van der Waals surface area contributed by atoms with E-state index in [1.807, 2.05) is 42.5 Å². The Morgan fingerprint density at radius 1 is 1.12 bits per heavy atom. The highest BCUT2D eigenvalue weighted by Crippen LogP contribution is 2.18. The number of methoxy groups -OCH3 is 1. The van der Waals surface area contributed by atoms with Gasteiger partial charge in [-0.15, -0.1) is 0 Å². The molecular formula is C20H20N2O2S. The van der Waals surface area contributed by atoms with Crippen LogP contribution in [0.15, 0.2) is 70.6 Å². The van der Waals surface area contributed by atoms with Gasteiger partial charge < -0.3 is 4.74 Å². The third-order valence-corrected chi connectivity index (χ3v) is 4.69. The van der Waals surface area contributed by atoms with Crippen LogP contribution in [0.2, 0.25) is 0 Å². The predicted octanol–water partition coefficient (Wildman–Crippen LogP) is 3.85. The summed E-state index contributed by atoms with van der Waals surface area (Å²) in [5, 5.41) is 1.36. The maximum Gasteiger partial charge on any atom is 0.262 e. The molecule has 0 radical (unpaired) electrons. The van der Waals surface area contributed by atoms with Crippen molar-refractivity contribution < 1.29 is 4.74 Å². The average Bonchev–Trinajstić information content (AvgIpc) is 2.66. The van der Waals surface area contributed by atoms with Crippen LogP contribution in [0, 0.1) is 0 Å². The van der Waals surface area contributed by atoms with Gasteiger partial charge in [-0.2, -0.15) is 0 Å². The van der Waals surface area contributed by atoms with Crippen LogP contribution in [0.5, 0.6) is 0 Å². The summed E-state index contributed by atoms with van der Waals surface area (Å²) in [5.74, 6) is 0.743. The topological polar surface area (TPSA) is 44.1 Å². The predicted molar refractivity (Wildman–Crippen MR) is 104 cm³/mol. The molecule has 1 heterocycles. The summed E-state index contributed by atoms with van der Waals surface area (Å²) in [6.45, 7) is 0.977. The summed E-state index contributed by atoms with van der Waals surface area (Å²) in [5.41, 5.74) is 1.87. The van der Waals surface area contributed by atoms with Gasteiger partial charge in [0.2, 0.25) is 0 Å². The first-order chi connectivity index (χ1) is 12.3. The Kier molecular flexibility index (Phi) is 6.04. The molecule has 0 bridgehead atoms. The van der Waals surface area contributed by atoms with E-state index >= 15 is 0 Å². The molecule has 0 aliphatic heterocycles. The van der Waals surface area contributed by atoms with Crippen molar-refractivity contribution in [3.05, 3.63) is 76.6 Å². The lowest BCUT2D eigenvalue weighted by Gasteiger charge is -2.12. The second-order valence-corrected chi connectivity index (χ2v) is 6.47. The molecule has 0 saturated carbocycles. The normalized spacial score (nSPS) is 11.4. The Bertz CT molecular complexity index is 920. The van der Waals surface area contributed by atoms with Crippen molar-refractivity contribution in [2.45, 2.75) is 11.7 Å². The van der Waals surface area contributed by atoms with E-state index in [9.17, 15) is 4.79 Å². The molecule has 3 aromatic rings. The van der Waals surface area contributed by atoms with Crippen molar-refractivity contribution >= 4 is 28.7 Å². The van der Waals surface area contributed by atoms with E-state index in [0.717, 1.165) is 22.0 Å². The second kappa shape index (κ2) is 8.65. The number of hydrogen-bond donors (Lipinski definition) is 0. The smallest absolute Gasteiger partial charge is 0.262 e. The van der Waals surface area contributed by atoms with Gasteiger partial charge in [0.25, 0.3) is 5.56 Å². The van der Waals surface area contributed by atoms with Crippen molar-refractivity contribution in [2.24, 2.45) is 0 Å². The number of fused-ring (bicyclic) bond motifs is 1. The highest BCUT2D eigenvalue weighted by Gasteiger charge is 2.10. The molecule has 0 amide bonds. The summed E-state index contributed by atoms with van der Waals surface area (Å²) in [6.07, 6.45) is 4.16. The molecule has 1 aromatic heterocycles. The first kappa shape index (κ1) is 17.5. The third kappa shape index (κ3) is 4.38. The zero-order chi connectivity index (χ0) is 17.5. The number of aromatic nitrogens is 2.